The van der Waals surface area contributed by atoms with Crippen LogP contribution in [0.3, 0.4) is 0 Å². The van der Waals surface area contributed by atoms with E-state index in [4.69, 9.17) is 9.15 Å². The average Bonchev–Trinajstić information content (AvgIpc) is 2.98. The second-order valence-electron chi connectivity index (χ2n) is 5.18. The SMILES string of the molecule is COc1cccc([C@H](C)NC(C)CCc2ccco2)c1. The summed E-state index contributed by atoms with van der Waals surface area (Å²) in [5.41, 5.74) is 1.24. The molecule has 0 spiro atoms. The van der Waals surface area contributed by atoms with Crippen LogP contribution in [0.25, 0.3) is 0 Å². The number of hydrogen-bond acceptors (Lipinski definition) is 3. The number of benzene rings is 1. The van der Waals surface area contributed by atoms with Crippen LogP contribution in [0.5, 0.6) is 5.75 Å². The van der Waals surface area contributed by atoms with Crippen molar-refractivity contribution in [2.24, 2.45) is 0 Å². The van der Waals surface area contributed by atoms with E-state index in [0.29, 0.717) is 12.1 Å². The monoisotopic (exact) mass is 273 g/mol. The number of furan rings is 1. The van der Waals surface area contributed by atoms with Gasteiger partial charge < -0.3 is 14.5 Å². The minimum absolute atomic E-state index is 0.303. The third-order valence-corrected chi connectivity index (χ3v) is 3.53. The molecule has 1 N–H and O–H groups in total. The van der Waals surface area contributed by atoms with E-state index in [9.17, 15) is 0 Å². The Bertz CT molecular complexity index is 507. The zero-order chi connectivity index (χ0) is 14.4. The van der Waals surface area contributed by atoms with E-state index in [1.165, 1.54) is 5.56 Å². The van der Waals surface area contributed by atoms with Gasteiger partial charge >= 0.3 is 0 Å². The summed E-state index contributed by atoms with van der Waals surface area (Å²) < 4.78 is 10.6. The molecule has 0 bridgehead atoms. The highest BCUT2D eigenvalue weighted by Crippen LogP contribution is 2.19. The molecule has 0 saturated heterocycles. The van der Waals surface area contributed by atoms with Gasteiger partial charge in [-0.3, -0.25) is 0 Å². The second-order valence-corrected chi connectivity index (χ2v) is 5.18. The lowest BCUT2D eigenvalue weighted by Gasteiger charge is -2.20. The quantitative estimate of drug-likeness (QED) is 0.829. The third kappa shape index (κ3) is 4.14. The van der Waals surface area contributed by atoms with Crippen molar-refractivity contribution in [3.63, 3.8) is 0 Å². The first-order chi connectivity index (χ1) is 9.69. The van der Waals surface area contributed by atoms with E-state index in [2.05, 4.69) is 31.3 Å². The van der Waals surface area contributed by atoms with E-state index in [1.807, 2.05) is 24.3 Å². The summed E-state index contributed by atoms with van der Waals surface area (Å²) in [5.74, 6) is 1.95. The molecule has 2 aromatic rings. The Kier molecular flexibility index (Phi) is 5.24. The maximum Gasteiger partial charge on any atom is 0.119 e. The van der Waals surface area contributed by atoms with E-state index in [1.54, 1.807) is 13.4 Å². The molecule has 0 amide bonds. The summed E-state index contributed by atoms with van der Waals surface area (Å²) >= 11 is 0. The van der Waals surface area contributed by atoms with Crippen LogP contribution < -0.4 is 10.1 Å². The van der Waals surface area contributed by atoms with Gasteiger partial charge in [0, 0.05) is 18.5 Å². The fourth-order valence-corrected chi connectivity index (χ4v) is 2.33. The molecular formula is C17H23NO2. The molecular weight excluding hydrogens is 250 g/mol. The lowest BCUT2D eigenvalue weighted by molar-refractivity contribution is 0.410. The van der Waals surface area contributed by atoms with Crippen molar-refractivity contribution >= 4 is 0 Å². The van der Waals surface area contributed by atoms with E-state index in [-0.39, 0.29) is 0 Å². The number of hydrogen-bond donors (Lipinski definition) is 1. The van der Waals surface area contributed by atoms with Crippen LogP contribution in [0, 0.1) is 0 Å². The summed E-state index contributed by atoms with van der Waals surface area (Å²) in [6.07, 6.45) is 3.75. The number of nitrogens with one attached hydrogen (secondary N) is 1. The first-order valence-corrected chi connectivity index (χ1v) is 7.11. The van der Waals surface area contributed by atoms with Crippen molar-refractivity contribution in [2.75, 3.05) is 7.11 Å². The van der Waals surface area contributed by atoms with Crippen molar-refractivity contribution in [1.29, 1.82) is 0 Å². The molecule has 0 aliphatic heterocycles. The minimum atomic E-state index is 0.303. The Morgan fingerprint density at radius 1 is 1.20 bits per heavy atom. The van der Waals surface area contributed by atoms with Crippen molar-refractivity contribution < 1.29 is 9.15 Å². The molecule has 1 unspecified atom stereocenters. The van der Waals surface area contributed by atoms with Gasteiger partial charge in [-0.2, -0.15) is 0 Å². The molecule has 108 valence electrons. The number of ether oxygens (including phenoxy) is 1. The van der Waals surface area contributed by atoms with Gasteiger partial charge in [0.1, 0.15) is 11.5 Å². The van der Waals surface area contributed by atoms with Gasteiger partial charge in [0.2, 0.25) is 0 Å². The normalized spacial score (nSPS) is 13.9. The lowest BCUT2D eigenvalue weighted by Crippen LogP contribution is -2.29. The zero-order valence-corrected chi connectivity index (χ0v) is 12.4. The lowest BCUT2D eigenvalue weighted by atomic mass is 10.1. The number of rotatable bonds is 7. The van der Waals surface area contributed by atoms with Crippen LogP contribution in [0.2, 0.25) is 0 Å². The summed E-state index contributed by atoms with van der Waals surface area (Å²) in [4.78, 5) is 0. The minimum Gasteiger partial charge on any atom is -0.497 e. The van der Waals surface area contributed by atoms with Gasteiger partial charge in [0.05, 0.1) is 13.4 Å². The highest BCUT2D eigenvalue weighted by molar-refractivity contribution is 5.30. The van der Waals surface area contributed by atoms with Gasteiger partial charge in [-0.15, -0.1) is 0 Å². The maximum atomic E-state index is 5.36. The molecule has 3 heteroatoms. The molecule has 0 saturated carbocycles. The van der Waals surface area contributed by atoms with Crippen molar-refractivity contribution in [1.82, 2.24) is 5.32 Å². The summed E-state index contributed by atoms with van der Waals surface area (Å²) in [7, 11) is 1.70. The fraction of sp³-hybridized carbons (Fsp3) is 0.412. The number of methoxy groups -OCH3 is 1. The maximum absolute atomic E-state index is 5.36. The van der Waals surface area contributed by atoms with Gasteiger partial charge in [0.25, 0.3) is 0 Å². The Labute approximate surface area is 121 Å². The van der Waals surface area contributed by atoms with Crippen molar-refractivity contribution in [3.8, 4) is 5.75 Å². The predicted molar refractivity (Wildman–Crippen MR) is 81.0 cm³/mol. The highest BCUT2D eigenvalue weighted by atomic mass is 16.5. The van der Waals surface area contributed by atoms with Crippen LogP contribution in [-0.2, 0) is 6.42 Å². The topological polar surface area (TPSA) is 34.4 Å². The van der Waals surface area contributed by atoms with Crippen molar-refractivity contribution in [3.05, 3.63) is 54.0 Å². The average molecular weight is 273 g/mol. The molecule has 0 fully saturated rings. The third-order valence-electron chi connectivity index (χ3n) is 3.53. The molecule has 2 rings (SSSR count). The molecule has 1 heterocycles. The summed E-state index contributed by atoms with van der Waals surface area (Å²) in [6, 6.07) is 12.9. The van der Waals surface area contributed by atoms with Crippen LogP contribution in [-0.4, -0.2) is 13.2 Å². The zero-order valence-electron chi connectivity index (χ0n) is 12.4. The molecule has 1 aromatic heterocycles. The second kappa shape index (κ2) is 7.15. The Balaban J connectivity index is 1.84. The Hall–Kier alpha value is -1.74. The van der Waals surface area contributed by atoms with E-state index < -0.39 is 0 Å². The van der Waals surface area contributed by atoms with E-state index >= 15 is 0 Å². The summed E-state index contributed by atoms with van der Waals surface area (Å²) in [5, 5.41) is 3.61. The predicted octanol–water partition coefficient (Wildman–Crippen LogP) is 3.96. The molecule has 3 nitrogen and oxygen atoms in total. The van der Waals surface area contributed by atoms with Crippen LogP contribution in [0.1, 0.15) is 37.6 Å². The van der Waals surface area contributed by atoms with Crippen LogP contribution in [0.15, 0.2) is 47.1 Å². The Morgan fingerprint density at radius 2 is 2.05 bits per heavy atom. The largest absolute Gasteiger partial charge is 0.497 e. The standard InChI is InChI=1S/C17H23NO2/c1-13(9-10-16-8-5-11-20-16)18-14(2)15-6-4-7-17(12-15)19-3/h4-8,11-14,18H,9-10H2,1-3H3/t13?,14-/m0/s1. The van der Waals surface area contributed by atoms with Gasteiger partial charge in [-0.25, -0.2) is 0 Å². The van der Waals surface area contributed by atoms with Gasteiger partial charge in [-0.1, -0.05) is 12.1 Å². The van der Waals surface area contributed by atoms with Gasteiger partial charge in [-0.05, 0) is 50.1 Å². The first kappa shape index (κ1) is 14.7. The van der Waals surface area contributed by atoms with Crippen molar-refractivity contribution in [2.45, 2.75) is 38.8 Å². The molecule has 2 atom stereocenters. The fourth-order valence-electron chi connectivity index (χ4n) is 2.33. The van der Waals surface area contributed by atoms with Gasteiger partial charge in [0.15, 0.2) is 0 Å². The molecule has 0 aliphatic carbocycles. The number of aryl methyl sites for hydroxylation is 1. The molecule has 0 aliphatic rings. The van der Waals surface area contributed by atoms with Crippen LogP contribution >= 0.6 is 0 Å². The first-order valence-electron chi connectivity index (χ1n) is 7.11. The van der Waals surface area contributed by atoms with E-state index in [0.717, 1.165) is 24.4 Å². The molecule has 0 radical (unpaired) electrons. The molecule has 1 aromatic carbocycles. The van der Waals surface area contributed by atoms with Crippen LogP contribution in [0.4, 0.5) is 0 Å². The Morgan fingerprint density at radius 3 is 2.75 bits per heavy atom. The smallest absolute Gasteiger partial charge is 0.119 e. The summed E-state index contributed by atoms with van der Waals surface area (Å²) in [6.45, 7) is 4.39. The molecule has 20 heavy (non-hydrogen) atoms. The highest BCUT2D eigenvalue weighted by Gasteiger charge is 2.10.